The molecule has 0 aromatic heterocycles. The highest BCUT2D eigenvalue weighted by Gasteiger charge is 2.24. The molecule has 0 radical (unpaired) electrons. The Balaban J connectivity index is 4.64. The predicted molar refractivity (Wildman–Crippen MR) is 264 cm³/mol. The number of hydrogen-bond acceptors (Lipinski definition) is 5. The fraction of sp³-hybridized carbons (Fsp3) is 0.745. The lowest BCUT2D eigenvalue weighted by Gasteiger charge is -2.24. The molecule has 0 heterocycles. The molecule has 0 rings (SSSR count). The molecule has 0 spiro atoms. The van der Waals surface area contributed by atoms with Gasteiger partial charge in [0.2, 0.25) is 5.91 Å². The number of rotatable bonds is 45. The molecule has 0 aliphatic carbocycles. The maximum absolute atomic E-state index is 13.2. The summed E-state index contributed by atoms with van der Waals surface area (Å²) in [5.74, 6) is -0.571. The van der Waals surface area contributed by atoms with Crippen molar-refractivity contribution in [3.05, 3.63) is 72.9 Å². The van der Waals surface area contributed by atoms with E-state index in [1.807, 2.05) is 54.7 Å². The van der Waals surface area contributed by atoms with E-state index >= 15 is 0 Å². The van der Waals surface area contributed by atoms with Crippen molar-refractivity contribution in [3.8, 4) is 0 Å². The Kier molecular flexibility index (Phi) is 46.2. The highest BCUT2D eigenvalue weighted by molar-refractivity contribution is 5.77. The van der Waals surface area contributed by atoms with Gasteiger partial charge >= 0.3 is 5.97 Å². The van der Waals surface area contributed by atoms with E-state index in [0.29, 0.717) is 25.7 Å². The van der Waals surface area contributed by atoms with Crippen molar-refractivity contribution < 1.29 is 24.5 Å². The number of aliphatic hydroxyl groups is 2. The summed E-state index contributed by atoms with van der Waals surface area (Å²) in [5, 5.41) is 23.8. The van der Waals surface area contributed by atoms with E-state index in [9.17, 15) is 19.8 Å². The van der Waals surface area contributed by atoms with Crippen molar-refractivity contribution >= 4 is 11.9 Å². The zero-order chi connectivity index (χ0) is 44.5. The Morgan fingerprint density at radius 1 is 0.492 bits per heavy atom. The molecule has 0 saturated heterocycles. The molecule has 3 unspecified atom stereocenters. The maximum atomic E-state index is 13.2. The molecule has 61 heavy (non-hydrogen) atoms. The number of unbranched alkanes of at least 4 members (excludes halogenated alkanes) is 25. The number of nitrogens with one attached hydrogen (secondary N) is 1. The van der Waals surface area contributed by atoms with Gasteiger partial charge in [0.25, 0.3) is 0 Å². The number of aliphatic hydroxyl groups excluding tert-OH is 2. The van der Waals surface area contributed by atoms with Crippen LogP contribution >= 0.6 is 0 Å². The Hall–Kier alpha value is -2.70. The van der Waals surface area contributed by atoms with Crippen LogP contribution in [0.3, 0.4) is 0 Å². The summed E-state index contributed by atoms with van der Waals surface area (Å²) >= 11 is 0. The highest BCUT2D eigenvalue weighted by Crippen LogP contribution is 2.17. The molecule has 6 heteroatoms. The third kappa shape index (κ3) is 43.7. The fourth-order valence-corrected chi connectivity index (χ4v) is 7.51. The lowest BCUT2D eigenvalue weighted by Crippen LogP contribution is -2.46. The van der Waals surface area contributed by atoms with Crippen molar-refractivity contribution in [1.82, 2.24) is 5.32 Å². The van der Waals surface area contributed by atoms with E-state index in [0.717, 1.165) is 57.8 Å². The van der Waals surface area contributed by atoms with E-state index in [-0.39, 0.29) is 24.9 Å². The average Bonchev–Trinajstić information content (AvgIpc) is 3.25. The molecular weight excluding hydrogens is 755 g/mol. The van der Waals surface area contributed by atoms with Gasteiger partial charge in [-0.25, -0.2) is 0 Å². The zero-order valence-electron chi connectivity index (χ0n) is 40.0. The van der Waals surface area contributed by atoms with Gasteiger partial charge in [-0.3, -0.25) is 9.59 Å². The first-order chi connectivity index (χ1) is 30.0. The molecule has 3 atom stereocenters. The molecule has 0 aliphatic rings. The summed E-state index contributed by atoms with van der Waals surface area (Å²) < 4.78 is 5.88. The van der Waals surface area contributed by atoms with E-state index in [2.05, 4.69) is 44.3 Å². The number of carbonyl (C=O) groups excluding carboxylic acids is 2. The van der Waals surface area contributed by atoms with Crippen LogP contribution in [0.4, 0.5) is 0 Å². The summed E-state index contributed by atoms with van der Waals surface area (Å²) in [5.41, 5.74) is 0. The second-order valence-electron chi connectivity index (χ2n) is 17.3. The van der Waals surface area contributed by atoms with Gasteiger partial charge in [0, 0.05) is 6.42 Å². The largest absolute Gasteiger partial charge is 0.462 e. The summed E-state index contributed by atoms with van der Waals surface area (Å²) in [4.78, 5) is 26.1. The summed E-state index contributed by atoms with van der Waals surface area (Å²) in [7, 11) is 0. The van der Waals surface area contributed by atoms with Crippen LogP contribution in [-0.2, 0) is 14.3 Å². The summed E-state index contributed by atoms with van der Waals surface area (Å²) in [6.07, 6.45) is 61.1. The molecule has 352 valence electrons. The maximum Gasteiger partial charge on any atom is 0.306 e. The van der Waals surface area contributed by atoms with Crippen molar-refractivity contribution in [1.29, 1.82) is 0 Å². The van der Waals surface area contributed by atoms with Crippen molar-refractivity contribution in [2.45, 2.75) is 257 Å². The van der Waals surface area contributed by atoms with Crippen LogP contribution in [0.5, 0.6) is 0 Å². The van der Waals surface area contributed by atoms with Crippen LogP contribution in [0, 0.1) is 0 Å². The predicted octanol–water partition coefficient (Wildman–Crippen LogP) is 15.4. The topological polar surface area (TPSA) is 95.9 Å². The van der Waals surface area contributed by atoms with Gasteiger partial charge in [0.1, 0.15) is 6.10 Å². The van der Waals surface area contributed by atoms with Gasteiger partial charge in [-0.15, -0.1) is 0 Å². The molecule has 0 aromatic rings. The monoisotopic (exact) mass is 852 g/mol. The quantitative estimate of drug-likeness (QED) is 0.0245. The third-order valence-corrected chi connectivity index (χ3v) is 11.4. The molecule has 0 aromatic carbocycles. The minimum atomic E-state index is -0.804. The summed E-state index contributed by atoms with van der Waals surface area (Å²) in [6, 6.07) is -0.721. The van der Waals surface area contributed by atoms with Gasteiger partial charge in [0.15, 0.2) is 0 Å². The Morgan fingerprint density at radius 3 is 1.39 bits per heavy atom. The van der Waals surface area contributed by atoms with Crippen LogP contribution in [0.15, 0.2) is 72.9 Å². The van der Waals surface area contributed by atoms with Gasteiger partial charge < -0.3 is 20.3 Å². The lowest BCUT2D eigenvalue weighted by atomic mass is 10.0. The fourth-order valence-electron chi connectivity index (χ4n) is 7.51. The van der Waals surface area contributed by atoms with Crippen molar-refractivity contribution in [3.63, 3.8) is 0 Å². The number of carbonyl (C=O) groups is 2. The molecule has 3 N–H and O–H groups in total. The normalized spacial score (nSPS) is 13.9. The highest BCUT2D eigenvalue weighted by atomic mass is 16.5. The second kappa shape index (κ2) is 48.3. The minimum absolute atomic E-state index is 0.0410. The molecule has 1 amide bonds. The number of amides is 1. The van der Waals surface area contributed by atoms with Crippen LogP contribution in [0.2, 0.25) is 0 Å². The van der Waals surface area contributed by atoms with Crippen LogP contribution in [-0.4, -0.2) is 46.9 Å². The molecule has 0 saturated carbocycles. The third-order valence-electron chi connectivity index (χ3n) is 11.4. The van der Waals surface area contributed by atoms with Gasteiger partial charge in [0.05, 0.1) is 25.2 Å². The molecule has 6 nitrogen and oxygen atoms in total. The SMILES string of the molecule is CC/C=C/C=C/C=C\C=C/C=C/CCCC(=O)OC(CCCCCCC/C=C\CCCCCC)CC(=O)NC(CO)C(O)CCCCCCCCCCCCCCCCCC. The van der Waals surface area contributed by atoms with E-state index in [4.69, 9.17) is 4.74 Å². The number of allylic oxidation sites excluding steroid dienone is 12. The Labute approximate surface area is 377 Å². The van der Waals surface area contributed by atoms with Crippen LogP contribution in [0.1, 0.15) is 239 Å². The Morgan fingerprint density at radius 2 is 0.902 bits per heavy atom. The molecule has 0 aliphatic heterocycles. The average molecular weight is 852 g/mol. The molecular formula is C55H97NO5. The van der Waals surface area contributed by atoms with Gasteiger partial charge in [-0.2, -0.15) is 0 Å². The zero-order valence-corrected chi connectivity index (χ0v) is 40.0. The first-order valence-electron chi connectivity index (χ1n) is 25.7. The number of ether oxygens (including phenoxy) is 1. The lowest BCUT2D eigenvalue weighted by molar-refractivity contribution is -0.151. The van der Waals surface area contributed by atoms with Gasteiger partial charge in [-0.05, 0) is 64.2 Å². The first-order valence-corrected chi connectivity index (χ1v) is 25.7. The van der Waals surface area contributed by atoms with E-state index in [1.165, 1.54) is 128 Å². The Bertz CT molecular complexity index is 1140. The van der Waals surface area contributed by atoms with E-state index in [1.54, 1.807) is 0 Å². The summed E-state index contributed by atoms with van der Waals surface area (Å²) in [6.45, 7) is 6.31. The number of hydrogen-bond donors (Lipinski definition) is 3. The van der Waals surface area contributed by atoms with Crippen molar-refractivity contribution in [2.75, 3.05) is 6.61 Å². The minimum Gasteiger partial charge on any atom is -0.462 e. The standard InChI is InChI=1S/C55H97NO5/c1-4-7-10-13-16-19-22-25-26-27-30-32-35-38-41-44-47-53(58)52(50-57)56-54(59)49-51(46-43-40-37-34-31-28-23-20-17-14-11-8-5-2)61-55(60)48-45-42-39-36-33-29-24-21-18-15-12-9-6-3/h9,12,15,18,20-21,23-24,29,33,36,39,51-53,57-58H,4-8,10-11,13-14,16-17,19,22,25-28,30-32,34-35,37-38,40-50H2,1-3H3,(H,56,59)/b12-9+,18-15+,23-20-,24-21-,33-29-,39-36+. The van der Waals surface area contributed by atoms with Crippen LogP contribution in [0.25, 0.3) is 0 Å². The smallest absolute Gasteiger partial charge is 0.306 e. The first kappa shape index (κ1) is 58.3. The second-order valence-corrected chi connectivity index (χ2v) is 17.3. The molecule has 0 fully saturated rings. The van der Waals surface area contributed by atoms with Gasteiger partial charge in [-0.1, -0.05) is 235 Å². The molecule has 0 bridgehead atoms. The van der Waals surface area contributed by atoms with Crippen molar-refractivity contribution in [2.24, 2.45) is 0 Å². The van der Waals surface area contributed by atoms with Crippen LogP contribution < -0.4 is 5.32 Å². The van der Waals surface area contributed by atoms with E-state index < -0.39 is 18.2 Å². The number of esters is 1.